The molecule has 1 aliphatic heterocycles. The molecule has 1 aromatic rings. The number of hydrogen-bond acceptors (Lipinski definition) is 5. The Hall–Kier alpha value is -2.70. The van der Waals surface area contributed by atoms with Crippen LogP contribution in [0.2, 0.25) is 0 Å². The molecule has 7 nitrogen and oxygen atoms in total. The quantitative estimate of drug-likeness (QED) is 0.632. The lowest BCUT2D eigenvalue weighted by Gasteiger charge is -2.19. The zero-order valence-electron chi connectivity index (χ0n) is 15.6. The second kappa shape index (κ2) is 7.90. The number of carbonyl (C=O) groups is 4. The number of carbonyl (C=O) groups excluding carboxylic acids is 4. The molecule has 0 aromatic heterocycles. The number of rotatable bonds is 5. The highest BCUT2D eigenvalue weighted by molar-refractivity contribution is 6.06. The zero-order valence-corrected chi connectivity index (χ0v) is 15.6. The first-order valence-corrected chi connectivity index (χ1v) is 9.27. The summed E-state index contributed by atoms with van der Waals surface area (Å²) in [7, 11) is 1.28. The Bertz CT molecular complexity index is 765. The lowest BCUT2D eigenvalue weighted by atomic mass is 9.81. The van der Waals surface area contributed by atoms with Crippen molar-refractivity contribution < 1.29 is 23.9 Å². The van der Waals surface area contributed by atoms with Crippen molar-refractivity contribution in [3.8, 4) is 0 Å². The Kier molecular flexibility index (Phi) is 5.58. The number of nitrogens with zero attached hydrogens (tertiary/aromatic N) is 1. The van der Waals surface area contributed by atoms with Gasteiger partial charge in [0, 0.05) is 13.0 Å². The first kappa shape index (κ1) is 19.1. The van der Waals surface area contributed by atoms with Crippen LogP contribution >= 0.6 is 0 Å². The van der Waals surface area contributed by atoms with Crippen LogP contribution in [-0.4, -0.2) is 42.2 Å². The summed E-state index contributed by atoms with van der Waals surface area (Å²) >= 11 is 0. The standard InChI is InChI=1S/C20H24N2O5/c1-12-6-5-9-15(17(12)20(26)27-2)21-16(23)10-11-22-18(24)13-7-3-4-8-14(13)19(22)25/h5-6,9,13-14H,3-4,7-8,10-11H2,1-2H3,(H,21,23)/t13-,14-/m0/s1. The van der Waals surface area contributed by atoms with Crippen LogP contribution in [-0.2, 0) is 19.1 Å². The normalized spacial score (nSPS) is 21.8. The lowest BCUT2D eigenvalue weighted by molar-refractivity contribution is -0.140. The fourth-order valence-corrected chi connectivity index (χ4v) is 4.02. The van der Waals surface area contributed by atoms with Gasteiger partial charge < -0.3 is 10.1 Å². The van der Waals surface area contributed by atoms with E-state index in [4.69, 9.17) is 4.74 Å². The highest BCUT2D eigenvalue weighted by Crippen LogP contribution is 2.38. The van der Waals surface area contributed by atoms with Crippen LogP contribution in [0.25, 0.3) is 0 Å². The van der Waals surface area contributed by atoms with E-state index < -0.39 is 5.97 Å². The SMILES string of the molecule is COC(=O)c1c(C)cccc1NC(=O)CCN1C(=O)[C@H]2CCCC[C@@H]2C1=O. The Morgan fingerprint density at radius 1 is 1.15 bits per heavy atom. The van der Waals surface area contributed by atoms with Gasteiger partial charge in [-0.1, -0.05) is 25.0 Å². The van der Waals surface area contributed by atoms with E-state index in [2.05, 4.69) is 5.32 Å². The minimum Gasteiger partial charge on any atom is -0.465 e. The summed E-state index contributed by atoms with van der Waals surface area (Å²) in [6, 6.07) is 5.11. The highest BCUT2D eigenvalue weighted by Gasteiger charge is 2.47. The third kappa shape index (κ3) is 3.72. The molecule has 0 unspecified atom stereocenters. The van der Waals surface area contributed by atoms with Crippen LogP contribution in [0, 0.1) is 18.8 Å². The molecule has 1 aliphatic carbocycles. The summed E-state index contributed by atoms with van der Waals surface area (Å²) in [5, 5.41) is 2.69. The lowest BCUT2D eigenvalue weighted by Crippen LogP contribution is -2.34. The minimum absolute atomic E-state index is 0.00846. The fourth-order valence-electron chi connectivity index (χ4n) is 4.02. The van der Waals surface area contributed by atoms with Crippen molar-refractivity contribution in [1.29, 1.82) is 0 Å². The van der Waals surface area contributed by atoms with E-state index in [1.807, 2.05) is 0 Å². The Morgan fingerprint density at radius 2 is 1.78 bits per heavy atom. The molecule has 0 radical (unpaired) electrons. The van der Waals surface area contributed by atoms with Crippen LogP contribution in [0.15, 0.2) is 18.2 Å². The number of esters is 1. The van der Waals surface area contributed by atoms with E-state index in [0.29, 0.717) is 16.8 Å². The summed E-state index contributed by atoms with van der Waals surface area (Å²) in [4.78, 5) is 50.5. The number of anilines is 1. The Labute approximate surface area is 158 Å². The predicted octanol–water partition coefficient (Wildman–Crippen LogP) is 2.29. The molecular formula is C20H24N2O5. The number of amides is 3. The molecule has 7 heteroatoms. The number of nitrogens with one attached hydrogen (secondary N) is 1. The van der Waals surface area contributed by atoms with Crippen molar-refractivity contribution in [3.05, 3.63) is 29.3 Å². The first-order chi connectivity index (χ1) is 12.9. The monoisotopic (exact) mass is 372 g/mol. The second-order valence-electron chi connectivity index (χ2n) is 7.11. The molecule has 1 saturated heterocycles. The number of imide groups is 1. The minimum atomic E-state index is -0.530. The maximum Gasteiger partial charge on any atom is 0.340 e. The van der Waals surface area contributed by atoms with Gasteiger partial charge in [0.05, 0.1) is 30.2 Å². The maximum atomic E-state index is 12.5. The second-order valence-corrected chi connectivity index (χ2v) is 7.11. The molecule has 3 amide bonds. The van der Waals surface area contributed by atoms with Gasteiger partial charge in [0.1, 0.15) is 0 Å². The fraction of sp³-hybridized carbons (Fsp3) is 0.500. The Balaban J connectivity index is 1.64. The van der Waals surface area contributed by atoms with Crippen molar-refractivity contribution in [2.45, 2.75) is 39.0 Å². The molecule has 0 spiro atoms. The van der Waals surface area contributed by atoms with Gasteiger partial charge >= 0.3 is 5.97 Å². The Morgan fingerprint density at radius 3 is 2.37 bits per heavy atom. The van der Waals surface area contributed by atoms with Crippen molar-refractivity contribution in [2.75, 3.05) is 19.0 Å². The first-order valence-electron chi connectivity index (χ1n) is 9.27. The van der Waals surface area contributed by atoms with Crippen LogP contribution < -0.4 is 5.32 Å². The molecule has 1 heterocycles. The van der Waals surface area contributed by atoms with Gasteiger partial charge in [0.15, 0.2) is 0 Å². The number of benzene rings is 1. The molecular weight excluding hydrogens is 348 g/mol. The molecule has 144 valence electrons. The molecule has 2 aliphatic rings. The number of hydrogen-bond donors (Lipinski definition) is 1. The van der Waals surface area contributed by atoms with Crippen LogP contribution in [0.3, 0.4) is 0 Å². The zero-order chi connectivity index (χ0) is 19.6. The molecule has 27 heavy (non-hydrogen) atoms. The van der Waals surface area contributed by atoms with E-state index in [9.17, 15) is 19.2 Å². The van der Waals surface area contributed by atoms with Crippen molar-refractivity contribution in [3.63, 3.8) is 0 Å². The van der Waals surface area contributed by atoms with Gasteiger partial charge in [-0.15, -0.1) is 0 Å². The summed E-state index contributed by atoms with van der Waals surface area (Å²) in [6.07, 6.45) is 3.44. The molecule has 3 rings (SSSR count). The summed E-state index contributed by atoms with van der Waals surface area (Å²) in [5.41, 5.74) is 1.35. The molecule has 2 fully saturated rings. The molecule has 1 N–H and O–H groups in total. The number of methoxy groups -OCH3 is 1. The van der Waals surface area contributed by atoms with Crippen LogP contribution in [0.1, 0.15) is 48.0 Å². The number of likely N-dealkylation sites (tertiary alicyclic amines) is 1. The van der Waals surface area contributed by atoms with Gasteiger partial charge in [-0.2, -0.15) is 0 Å². The smallest absolute Gasteiger partial charge is 0.340 e. The van der Waals surface area contributed by atoms with E-state index in [-0.39, 0.29) is 42.5 Å². The largest absolute Gasteiger partial charge is 0.465 e. The predicted molar refractivity (Wildman–Crippen MR) is 97.9 cm³/mol. The van der Waals surface area contributed by atoms with Crippen LogP contribution in [0.4, 0.5) is 5.69 Å². The van der Waals surface area contributed by atoms with Crippen molar-refractivity contribution >= 4 is 29.4 Å². The average molecular weight is 372 g/mol. The molecule has 0 bridgehead atoms. The summed E-state index contributed by atoms with van der Waals surface area (Å²) in [5.74, 6) is -1.61. The maximum absolute atomic E-state index is 12.5. The summed E-state index contributed by atoms with van der Waals surface area (Å²) in [6.45, 7) is 1.82. The summed E-state index contributed by atoms with van der Waals surface area (Å²) < 4.78 is 4.78. The van der Waals surface area contributed by atoms with Gasteiger partial charge in [-0.3, -0.25) is 19.3 Å². The number of fused-ring (bicyclic) bond motifs is 1. The van der Waals surface area contributed by atoms with Gasteiger partial charge in [-0.05, 0) is 31.4 Å². The number of ether oxygens (including phenoxy) is 1. The highest BCUT2D eigenvalue weighted by atomic mass is 16.5. The van der Waals surface area contributed by atoms with E-state index in [1.54, 1.807) is 25.1 Å². The molecule has 2 atom stereocenters. The van der Waals surface area contributed by atoms with E-state index in [0.717, 1.165) is 25.7 Å². The third-order valence-corrected chi connectivity index (χ3v) is 5.43. The van der Waals surface area contributed by atoms with Crippen LogP contribution in [0.5, 0.6) is 0 Å². The van der Waals surface area contributed by atoms with Gasteiger partial charge in [0.25, 0.3) is 0 Å². The van der Waals surface area contributed by atoms with E-state index >= 15 is 0 Å². The van der Waals surface area contributed by atoms with Gasteiger partial charge in [0.2, 0.25) is 17.7 Å². The average Bonchev–Trinajstić information content (AvgIpc) is 2.90. The third-order valence-electron chi connectivity index (χ3n) is 5.43. The van der Waals surface area contributed by atoms with E-state index in [1.165, 1.54) is 12.0 Å². The van der Waals surface area contributed by atoms with Gasteiger partial charge in [-0.25, -0.2) is 4.79 Å². The molecule has 1 aromatic carbocycles. The molecule has 1 saturated carbocycles. The topological polar surface area (TPSA) is 92.8 Å². The van der Waals surface area contributed by atoms with Crippen molar-refractivity contribution in [2.24, 2.45) is 11.8 Å². The van der Waals surface area contributed by atoms with Crippen molar-refractivity contribution in [1.82, 2.24) is 4.90 Å². The number of aryl methyl sites for hydroxylation is 1.